The van der Waals surface area contributed by atoms with Gasteiger partial charge in [0.1, 0.15) is 0 Å². The van der Waals surface area contributed by atoms with Crippen molar-refractivity contribution in [2.45, 2.75) is 5.88 Å². The van der Waals surface area contributed by atoms with E-state index in [-0.39, 0.29) is 5.56 Å². The van der Waals surface area contributed by atoms with Crippen LogP contribution in [0.4, 0.5) is 14.5 Å². The normalized spacial score (nSPS) is 10.3. The van der Waals surface area contributed by atoms with Crippen LogP contribution in [-0.4, -0.2) is 5.91 Å². The van der Waals surface area contributed by atoms with E-state index in [0.717, 1.165) is 17.7 Å². The van der Waals surface area contributed by atoms with Gasteiger partial charge in [-0.2, -0.15) is 0 Å². The second-order valence-electron chi connectivity index (χ2n) is 3.92. The number of halogens is 3. The molecule has 1 N–H and O–H groups in total. The van der Waals surface area contributed by atoms with Crippen LogP contribution in [0, 0.1) is 11.6 Å². The van der Waals surface area contributed by atoms with Crippen molar-refractivity contribution in [1.82, 2.24) is 0 Å². The third-order valence-corrected chi connectivity index (χ3v) is 2.83. The Morgan fingerprint density at radius 1 is 1.11 bits per heavy atom. The topological polar surface area (TPSA) is 29.1 Å². The second kappa shape index (κ2) is 5.80. The lowest BCUT2D eigenvalue weighted by Gasteiger charge is -2.06. The number of alkyl halides is 1. The van der Waals surface area contributed by atoms with Crippen LogP contribution in [0.3, 0.4) is 0 Å². The van der Waals surface area contributed by atoms with Crippen molar-refractivity contribution in [3.05, 3.63) is 65.2 Å². The van der Waals surface area contributed by atoms with Crippen LogP contribution in [0.5, 0.6) is 0 Å². The highest BCUT2D eigenvalue weighted by molar-refractivity contribution is 6.17. The Labute approximate surface area is 114 Å². The van der Waals surface area contributed by atoms with Crippen LogP contribution >= 0.6 is 11.6 Å². The van der Waals surface area contributed by atoms with Crippen LogP contribution in [-0.2, 0) is 5.88 Å². The Morgan fingerprint density at radius 2 is 1.89 bits per heavy atom. The monoisotopic (exact) mass is 281 g/mol. The first-order chi connectivity index (χ1) is 9.10. The van der Waals surface area contributed by atoms with E-state index in [2.05, 4.69) is 5.32 Å². The number of carbonyl (C=O) groups excluding carboxylic acids is 1. The SMILES string of the molecule is O=C(Nc1cccc(CCl)c1)c1ccc(F)c(F)c1. The molecule has 0 atom stereocenters. The van der Waals surface area contributed by atoms with Gasteiger partial charge in [-0.25, -0.2) is 8.78 Å². The molecule has 0 heterocycles. The summed E-state index contributed by atoms with van der Waals surface area (Å²) in [4.78, 5) is 11.8. The number of nitrogens with one attached hydrogen (secondary N) is 1. The first kappa shape index (κ1) is 13.5. The number of amides is 1. The maximum absolute atomic E-state index is 13.0. The lowest BCUT2D eigenvalue weighted by atomic mass is 10.2. The van der Waals surface area contributed by atoms with Crippen molar-refractivity contribution < 1.29 is 13.6 Å². The number of benzene rings is 2. The lowest BCUT2D eigenvalue weighted by molar-refractivity contribution is 0.102. The lowest BCUT2D eigenvalue weighted by Crippen LogP contribution is -2.12. The van der Waals surface area contributed by atoms with Crippen molar-refractivity contribution in [1.29, 1.82) is 0 Å². The average Bonchev–Trinajstić information content (AvgIpc) is 2.42. The maximum Gasteiger partial charge on any atom is 0.255 e. The number of carbonyl (C=O) groups is 1. The highest BCUT2D eigenvalue weighted by Crippen LogP contribution is 2.15. The molecule has 0 bridgehead atoms. The zero-order valence-electron chi connectivity index (χ0n) is 9.79. The summed E-state index contributed by atoms with van der Waals surface area (Å²) < 4.78 is 25.8. The number of rotatable bonds is 3. The fourth-order valence-corrected chi connectivity index (χ4v) is 1.74. The van der Waals surface area contributed by atoms with Crippen molar-refractivity contribution in [2.75, 3.05) is 5.32 Å². The Kier molecular flexibility index (Phi) is 4.12. The quantitative estimate of drug-likeness (QED) is 0.848. The van der Waals surface area contributed by atoms with E-state index in [0.29, 0.717) is 11.6 Å². The molecule has 1 amide bonds. The van der Waals surface area contributed by atoms with E-state index in [1.807, 2.05) is 6.07 Å². The van der Waals surface area contributed by atoms with Crippen molar-refractivity contribution in [2.24, 2.45) is 0 Å². The first-order valence-electron chi connectivity index (χ1n) is 5.51. The summed E-state index contributed by atoms with van der Waals surface area (Å²) >= 11 is 5.69. The highest BCUT2D eigenvalue weighted by Gasteiger charge is 2.10. The van der Waals surface area contributed by atoms with Gasteiger partial charge in [-0.1, -0.05) is 12.1 Å². The summed E-state index contributed by atoms with van der Waals surface area (Å²) in [5.74, 6) is -2.22. The molecule has 0 aromatic heterocycles. The highest BCUT2D eigenvalue weighted by atomic mass is 35.5. The predicted octanol–water partition coefficient (Wildman–Crippen LogP) is 3.96. The Hall–Kier alpha value is -1.94. The molecule has 0 saturated carbocycles. The largest absolute Gasteiger partial charge is 0.322 e. The van der Waals surface area contributed by atoms with Crippen molar-refractivity contribution in [3.8, 4) is 0 Å². The van der Waals surface area contributed by atoms with Gasteiger partial charge in [0.2, 0.25) is 0 Å². The van der Waals surface area contributed by atoms with Gasteiger partial charge >= 0.3 is 0 Å². The Bertz CT molecular complexity index is 616. The van der Waals surface area contributed by atoms with Gasteiger partial charge in [0.05, 0.1) is 0 Å². The standard InChI is InChI=1S/C14H10ClF2NO/c15-8-9-2-1-3-11(6-9)18-14(19)10-4-5-12(16)13(17)7-10/h1-7H,8H2,(H,18,19). The van der Waals surface area contributed by atoms with E-state index >= 15 is 0 Å². The van der Waals surface area contributed by atoms with E-state index in [4.69, 9.17) is 11.6 Å². The summed E-state index contributed by atoms with van der Waals surface area (Å²) in [6, 6.07) is 9.96. The summed E-state index contributed by atoms with van der Waals surface area (Å²) in [6.45, 7) is 0. The predicted molar refractivity (Wildman–Crippen MR) is 70.3 cm³/mol. The molecule has 98 valence electrons. The maximum atomic E-state index is 13.0. The van der Waals surface area contributed by atoms with Gasteiger partial charge in [0.25, 0.3) is 5.91 Å². The molecule has 5 heteroatoms. The fraction of sp³-hybridized carbons (Fsp3) is 0.0714. The minimum Gasteiger partial charge on any atom is -0.322 e. The molecule has 0 fully saturated rings. The molecular formula is C14H10ClF2NO. The van der Waals surface area contributed by atoms with Gasteiger partial charge in [0, 0.05) is 17.1 Å². The Balaban J connectivity index is 2.18. The summed E-state index contributed by atoms with van der Waals surface area (Å²) in [5.41, 5.74) is 1.45. The van der Waals surface area contributed by atoms with Crippen molar-refractivity contribution in [3.63, 3.8) is 0 Å². The third-order valence-electron chi connectivity index (χ3n) is 2.52. The number of hydrogen-bond donors (Lipinski definition) is 1. The smallest absolute Gasteiger partial charge is 0.255 e. The summed E-state index contributed by atoms with van der Waals surface area (Å²) in [5, 5.41) is 2.59. The van der Waals surface area contributed by atoms with Crippen LogP contribution in [0.1, 0.15) is 15.9 Å². The molecule has 0 saturated heterocycles. The molecule has 0 aliphatic heterocycles. The minimum atomic E-state index is -1.05. The molecule has 0 aliphatic rings. The third kappa shape index (κ3) is 3.29. The van der Waals surface area contributed by atoms with Gasteiger partial charge < -0.3 is 5.32 Å². The summed E-state index contributed by atoms with van der Waals surface area (Å²) in [6.07, 6.45) is 0. The molecule has 0 unspecified atom stereocenters. The van der Waals surface area contributed by atoms with E-state index in [1.54, 1.807) is 18.2 Å². The minimum absolute atomic E-state index is 0.0511. The van der Waals surface area contributed by atoms with Gasteiger partial charge in [-0.3, -0.25) is 4.79 Å². The average molecular weight is 282 g/mol. The molecular weight excluding hydrogens is 272 g/mol. The Morgan fingerprint density at radius 3 is 2.58 bits per heavy atom. The van der Waals surface area contributed by atoms with E-state index in [9.17, 15) is 13.6 Å². The van der Waals surface area contributed by atoms with Crippen LogP contribution in [0.2, 0.25) is 0 Å². The van der Waals surface area contributed by atoms with Gasteiger partial charge in [-0.05, 0) is 35.9 Å². The second-order valence-corrected chi connectivity index (χ2v) is 4.18. The van der Waals surface area contributed by atoms with E-state index in [1.165, 1.54) is 6.07 Å². The van der Waals surface area contributed by atoms with Gasteiger partial charge in [-0.15, -0.1) is 11.6 Å². The number of anilines is 1. The van der Waals surface area contributed by atoms with E-state index < -0.39 is 17.5 Å². The van der Waals surface area contributed by atoms with Crippen molar-refractivity contribution >= 4 is 23.2 Å². The molecule has 2 aromatic rings. The molecule has 2 aromatic carbocycles. The molecule has 2 rings (SSSR count). The van der Waals surface area contributed by atoms with Gasteiger partial charge in [0.15, 0.2) is 11.6 Å². The zero-order chi connectivity index (χ0) is 13.8. The molecule has 0 aliphatic carbocycles. The first-order valence-corrected chi connectivity index (χ1v) is 6.05. The molecule has 19 heavy (non-hydrogen) atoms. The zero-order valence-corrected chi connectivity index (χ0v) is 10.5. The van der Waals surface area contributed by atoms with Crippen LogP contribution < -0.4 is 5.32 Å². The molecule has 2 nitrogen and oxygen atoms in total. The number of hydrogen-bond acceptors (Lipinski definition) is 1. The summed E-state index contributed by atoms with van der Waals surface area (Å²) in [7, 11) is 0. The van der Waals surface area contributed by atoms with Crippen LogP contribution in [0.25, 0.3) is 0 Å². The molecule has 0 radical (unpaired) electrons. The van der Waals surface area contributed by atoms with Crippen LogP contribution in [0.15, 0.2) is 42.5 Å². The molecule has 0 spiro atoms. The fourth-order valence-electron chi connectivity index (χ4n) is 1.57.